The number of aromatic nitrogens is 2. The van der Waals surface area contributed by atoms with Crippen molar-refractivity contribution in [2.24, 2.45) is 0 Å². The molecule has 0 spiro atoms. The monoisotopic (exact) mass is 411 g/mol. The summed E-state index contributed by atoms with van der Waals surface area (Å²) in [7, 11) is 0. The number of rotatable bonds is 7. The number of nitrogens with zero attached hydrogens (tertiary/aromatic N) is 2. The number of amides is 1. The summed E-state index contributed by atoms with van der Waals surface area (Å²) in [6, 6.07) is 14.1. The molecule has 0 unspecified atom stereocenters. The van der Waals surface area contributed by atoms with Crippen molar-refractivity contribution in [3.63, 3.8) is 0 Å². The van der Waals surface area contributed by atoms with Crippen LogP contribution < -0.4 is 5.32 Å². The molecule has 1 aromatic heterocycles. The summed E-state index contributed by atoms with van der Waals surface area (Å²) in [5.74, 6) is -0.802. The molecular weight excluding hydrogens is 389 g/mol. The molecule has 0 atom stereocenters. The molecule has 0 saturated heterocycles. The lowest BCUT2D eigenvalue weighted by Crippen LogP contribution is -2.25. The fourth-order valence-corrected chi connectivity index (χ4v) is 3.72. The van der Waals surface area contributed by atoms with E-state index < -0.39 is 5.82 Å². The van der Waals surface area contributed by atoms with Gasteiger partial charge in [-0.25, -0.2) is 9.07 Å². The Kier molecular flexibility index (Phi) is 6.49. The average Bonchev–Trinajstić information content (AvgIpc) is 2.99. The molecule has 5 nitrogen and oxygen atoms in total. The number of Topliss-reactive ketones (excluding diaryl/α,β-unsaturated/α-hetero) is 1. The third-order valence-electron chi connectivity index (χ3n) is 4.60. The van der Waals surface area contributed by atoms with Crippen LogP contribution in [0.2, 0.25) is 0 Å². The van der Waals surface area contributed by atoms with E-state index in [0.29, 0.717) is 17.0 Å². The number of carbonyl (C=O) groups excluding carboxylic acids is 2. The number of benzene rings is 2. The van der Waals surface area contributed by atoms with Gasteiger partial charge in [0.05, 0.1) is 17.1 Å². The number of carbonyl (C=O) groups is 2. The van der Waals surface area contributed by atoms with Gasteiger partial charge >= 0.3 is 0 Å². The molecule has 3 aromatic rings. The van der Waals surface area contributed by atoms with Crippen molar-refractivity contribution >= 4 is 23.5 Å². The summed E-state index contributed by atoms with van der Waals surface area (Å²) in [6.07, 6.45) is 0. The SMILES string of the molecule is CC(=O)c1ccc(SCC(=O)NCc2c(C)nn(-c3ccccc3)c2C)c(F)c1. The molecule has 3 rings (SSSR count). The van der Waals surface area contributed by atoms with Crippen LogP contribution in [-0.4, -0.2) is 27.2 Å². The maximum absolute atomic E-state index is 14.1. The number of nitrogens with one attached hydrogen (secondary N) is 1. The third-order valence-corrected chi connectivity index (χ3v) is 5.65. The number of aryl methyl sites for hydroxylation is 1. The van der Waals surface area contributed by atoms with Crippen LogP contribution in [0.4, 0.5) is 4.39 Å². The van der Waals surface area contributed by atoms with Crippen molar-refractivity contribution in [1.82, 2.24) is 15.1 Å². The van der Waals surface area contributed by atoms with Gasteiger partial charge in [0.1, 0.15) is 5.82 Å². The van der Waals surface area contributed by atoms with E-state index in [9.17, 15) is 14.0 Å². The lowest BCUT2D eigenvalue weighted by Gasteiger charge is -2.08. The van der Waals surface area contributed by atoms with Crippen molar-refractivity contribution in [2.75, 3.05) is 5.75 Å². The van der Waals surface area contributed by atoms with Gasteiger partial charge in [-0.05, 0) is 45.0 Å². The van der Waals surface area contributed by atoms with Crippen molar-refractivity contribution in [1.29, 1.82) is 0 Å². The topological polar surface area (TPSA) is 64.0 Å². The van der Waals surface area contributed by atoms with E-state index in [1.165, 1.54) is 19.1 Å². The molecule has 1 amide bonds. The molecule has 0 aliphatic carbocycles. The number of thioether (sulfide) groups is 1. The van der Waals surface area contributed by atoms with Gasteiger partial charge in [0.25, 0.3) is 0 Å². The van der Waals surface area contributed by atoms with Crippen molar-refractivity contribution < 1.29 is 14.0 Å². The lowest BCUT2D eigenvalue weighted by atomic mass is 10.1. The first-order valence-corrected chi connectivity index (χ1v) is 10.2. The maximum Gasteiger partial charge on any atom is 0.230 e. The van der Waals surface area contributed by atoms with Gasteiger partial charge in [0, 0.05) is 28.3 Å². The predicted molar refractivity (Wildman–Crippen MR) is 112 cm³/mol. The Bertz CT molecular complexity index is 1050. The molecular formula is C22H22FN3O2S. The summed E-state index contributed by atoms with van der Waals surface area (Å²) < 4.78 is 15.9. The van der Waals surface area contributed by atoms with Gasteiger partial charge < -0.3 is 5.32 Å². The van der Waals surface area contributed by atoms with Gasteiger partial charge in [0.2, 0.25) is 5.91 Å². The van der Waals surface area contributed by atoms with Gasteiger partial charge in [0.15, 0.2) is 5.78 Å². The average molecular weight is 412 g/mol. The molecule has 150 valence electrons. The van der Waals surface area contributed by atoms with Crippen LogP contribution in [0.1, 0.15) is 34.2 Å². The molecule has 2 aromatic carbocycles. The largest absolute Gasteiger partial charge is 0.351 e. The first kappa shape index (κ1) is 20.8. The predicted octanol–water partition coefficient (Wildman–Crippen LogP) is 4.24. The smallest absolute Gasteiger partial charge is 0.230 e. The minimum Gasteiger partial charge on any atom is -0.351 e. The Labute approximate surface area is 173 Å². The quantitative estimate of drug-likeness (QED) is 0.467. The van der Waals surface area contributed by atoms with E-state index in [1.54, 1.807) is 6.07 Å². The molecule has 1 N–H and O–H groups in total. The van der Waals surface area contributed by atoms with Crippen LogP contribution >= 0.6 is 11.8 Å². The Morgan fingerprint density at radius 3 is 2.52 bits per heavy atom. The first-order chi connectivity index (χ1) is 13.9. The molecule has 0 aliphatic rings. The minimum absolute atomic E-state index is 0.0846. The Morgan fingerprint density at radius 2 is 1.86 bits per heavy atom. The standard InChI is InChI=1S/C22H22FN3O2S/c1-14-19(15(2)26(25-14)18-7-5-4-6-8-18)12-24-22(28)13-29-21-10-9-17(16(3)27)11-20(21)23/h4-11H,12-13H2,1-3H3,(H,24,28). The number of para-hydroxylation sites is 1. The summed E-state index contributed by atoms with van der Waals surface area (Å²) in [5.41, 5.74) is 4.06. The van der Waals surface area contributed by atoms with E-state index in [2.05, 4.69) is 10.4 Å². The Morgan fingerprint density at radius 1 is 1.14 bits per heavy atom. The van der Waals surface area contributed by atoms with Crippen molar-refractivity contribution in [3.8, 4) is 5.69 Å². The molecule has 1 heterocycles. The zero-order valence-corrected chi connectivity index (χ0v) is 17.3. The first-order valence-electron chi connectivity index (χ1n) is 9.17. The maximum atomic E-state index is 14.1. The minimum atomic E-state index is -0.494. The highest BCUT2D eigenvalue weighted by Gasteiger charge is 2.14. The summed E-state index contributed by atoms with van der Waals surface area (Å²) in [5, 5.41) is 7.44. The fourth-order valence-electron chi connectivity index (χ4n) is 2.97. The normalized spacial score (nSPS) is 10.8. The van der Waals surface area contributed by atoms with Crippen LogP contribution in [0.25, 0.3) is 5.69 Å². The van der Waals surface area contributed by atoms with Crippen LogP contribution in [0.15, 0.2) is 53.4 Å². The molecule has 0 saturated carbocycles. The van der Waals surface area contributed by atoms with Crippen molar-refractivity contribution in [3.05, 3.63) is 76.9 Å². The molecule has 0 radical (unpaired) electrons. The molecule has 7 heteroatoms. The van der Waals surface area contributed by atoms with Crippen LogP contribution in [-0.2, 0) is 11.3 Å². The zero-order valence-electron chi connectivity index (χ0n) is 16.5. The van der Waals surface area contributed by atoms with Gasteiger partial charge in [-0.15, -0.1) is 11.8 Å². The molecule has 0 bridgehead atoms. The summed E-state index contributed by atoms with van der Waals surface area (Å²) in [6.45, 7) is 5.62. The van der Waals surface area contributed by atoms with E-state index in [-0.39, 0.29) is 17.4 Å². The molecule has 29 heavy (non-hydrogen) atoms. The highest BCUT2D eigenvalue weighted by molar-refractivity contribution is 8.00. The van der Waals surface area contributed by atoms with E-state index in [0.717, 1.165) is 34.4 Å². The number of halogens is 1. The second-order valence-corrected chi connectivity index (χ2v) is 7.68. The Balaban J connectivity index is 1.60. The third kappa shape index (κ3) is 4.92. The highest BCUT2D eigenvalue weighted by Crippen LogP contribution is 2.23. The van der Waals surface area contributed by atoms with Crippen LogP contribution in [0.3, 0.4) is 0 Å². The Hall–Kier alpha value is -2.93. The van der Waals surface area contributed by atoms with E-state index >= 15 is 0 Å². The zero-order chi connectivity index (χ0) is 21.0. The van der Waals surface area contributed by atoms with E-state index in [4.69, 9.17) is 0 Å². The van der Waals surface area contributed by atoms with Gasteiger partial charge in [-0.2, -0.15) is 5.10 Å². The molecule has 0 aliphatic heterocycles. The van der Waals surface area contributed by atoms with Gasteiger partial charge in [-0.3, -0.25) is 9.59 Å². The summed E-state index contributed by atoms with van der Waals surface area (Å²) in [4.78, 5) is 23.9. The summed E-state index contributed by atoms with van der Waals surface area (Å²) >= 11 is 1.10. The second kappa shape index (κ2) is 9.05. The highest BCUT2D eigenvalue weighted by atomic mass is 32.2. The van der Waals surface area contributed by atoms with E-state index in [1.807, 2.05) is 48.9 Å². The lowest BCUT2D eigenvalue weighted by molar-refractivity contribution is -0.118. The number of ketones is 1. The second-order valence-electron chi connectivity index (χ2n) is 6.66. The number of hydrogen-bond donors (Lipinski definition) is 1. The van der Waals surface area contributed by atoms with Gasteiger partial charge in [-0.1, -0.05) is 24.3 Å². The van der Waals surface area contributed by atoms with Crippen LogP contribution in [0.5, 0.6) is 0 Å². The fraction of sp³-hybridized carbons (Fsp3) is 0.227. The van der Waals surface area contributed by atoms with Crippen molar-refractivity contribution in [2.45, 2.75) is 32.2 Å². The molecule has 0 fully saturated rings. The van der Waals surface area contributed by atoms with Crippen LogP contribution in [0, 0.1) is 19.7 Å². The number of hydrogen-bond acceptors (Lipinski definition) is 4.